The van der Waals surface area contributed by atoms with Gasteiger partial charge in [-0.15, -0.1) is 0 Å². The Balaban J connectivity index is 1.29. The zero-order valence-corrected chi connectivity index (χ0v) is 29.1. The molecule has 0 bridgehead atoms. The van der Waals surface area contributed by atoms with Crippen LogP contribution in [0.3, 0.4) is 0 Å². The number of carbonyl (C=O) groups is 4. The number of unbranched alkanes of at least 4 members (excludes halogenated alkanes) is 2. The number of nitrogens with one attached hydrogen (secondary N) is 1. The first-order valence-corrected chi connectivity index (χ1v) is 17.3. The first-order chi connectivity index (χ1) is 24.2. The van der Waals surface area contributed by atoms with E-state index in [9.17, 15) is 19.2 Å². The average Bonchev–Trinajstić information content (AvgIpc) is 3.46. The Morgan fingerprint density at radius 1 is 1.04 bits per heavy atom. The number of anilines is 2. The predicted molar refractivity (Wildman–Crippen MR) is 184 cm³/mol. The highest BCUT2D eigenvalue weighted by Crippen LogP contribution is 2.42. The van der Waals surface area contributed by atoms with E-state index in [1.807, 2.05) is 0 Å². The van der Waals surface area contributed by atoms with E-state index in [0.29, 0.717) is 80.4 Å². The Labute approximate surface area is 292 Å². The second kappa shape index (κ2) is 17.4. The third-order valence-corrected chi connectivity index (χ3v) is 9.11. The Hall–Kier alpha value is -4.56. The van der Waals surface area contributed by atoms with Crippen LogP contribution in [0.1, 0.15) is 85.1 Å². The van der Waals surface area contributed by atoms with Gasteiger partial charge in [-0.2, -0.15) is 0 Å². The maximum Gasteiger partial charge on any atom is 0.416 e. The summed E-state index contributed by atoms with van der Waals surface area (Å²) in [5.41, 5.74) is 1.46. The van der Waals surface area contributed by atoms with Crippen LogP contribution in [0.15, 0.2) is 37.1 Å². The maximum absolute atomic E-state index is 14.1. The molecule has 1 aromatic carbocycles. The van der Waals surface area contributed by atoms with E-state index >= 15 is 0 Å². The van der Waals surface area contributed by atoms with Crippen molar-refractivity contribution in [3.05, 3.63) is 48.3 Å². The number of amides is 3. The van der Waals surface area contributed by atoms with Gasteiger partial charge in [0.05, 0.1) is 43.8 Å². The van der Waals surface area contributed by atoms with Crippen LogP contribution in [0.5, 0.6) is 11.5 Å². The molecule has 14 heteroatoms. The highest BCUT2D eigenvalue weighted by Gasteiger charge is 2.46. The minimum Gasteiger partial charge on any atom is -0.493 e. The van der Waals surface area contributed by atoms with Crippen molar-refractivity contribution < 1.29 is 47.6 Å². The van der Waals surface area contributed by atoms with Crippen molar-refractivity contribution >= 4 is 35.3 Å². The van der Waals surface area contributed by atoms with Crippen molar-refractivity contribution in [2.24, 2.45) is 7.05 Å². The summed E-state index contributed by atoms with van der Waals surface area (Å²) >= 11 is 0. The molecule has 5 rings (SSSR count). The average molecular weight is 697 g/mol. The van der Waals surface area contributed by atoms with E-state index in [4.69, 9.17) is 28.4 Å². The summed E-state index contributed by atoms with van der Waals surface area (Å²) in [4.78, 5) is 55.5. The van der Waals surface area contributed by atoms with Gasteiger partial charge >= 0.3 is 12.1 Å². The minimum absolute atomic E-state index is 0.0168. The van der Waals surface area contributed by atoms with Crippen molar-refractivity contribution in [3.63, 3.8) is 0 Å². The lowest BCUT2D eigenvalue weighted by molar-refractivity contribution is -0.198. The van der Waals surface area contributed by atoms with E-state index in [1.165, 1.54) is 25.2 Å². The molecule has 4 heterocycles. The molecule has 0 spiro atoms. The summed E-state index contributed by atoms with van der Waals surface area (Å²) in [6.45, 7) is 5.06. The van der Waals surface area contributed by atoms with Gasteiger partial charge in [0.1, 0.15) is 12.3 Å². The zero-order chi connectivity index (χ0) is 35.6. The molecule has 3 aliphatic rings. The van der Waals surface area contributed by atoms with Gasteiger partial charge in [-0.3, -0.25) is 9.59 Å². The predicted octanol–water partition coefficient (Wildman–Crippen LogP) is 5.40. The number of nitrogens with zero attached hydrogens (tertiary/aromatic N) is 3. The summed E-state index contributed by atoms with van der Waals surface area (Å²) in [5.74, 6) is -0.156. The fraction of sp³-hybridized carbons (Fsp3) is 0.556. The topological polar surface area (TPSA) is 147 Å². The summed E-state index contributed by atoms with van der Waals surface area (Å²) in [7, 11) is 4.51. The van der Waals surface area contributed by atoms with Crippen LogP contribution < -0.4 is 19.7 Å². The molecule has 1 N–H and O–H groups in total. The highest BCUT2D eigenvalue weighted by molar-refractivity contribution is 6.06. The molecular weight excluding hydrogens is 648 g/mol. The van der Waals surface area contributed by atoms with Crippen LogP contribution in [-0.2, 0) is 30.8 Å². The lowest BCUT2D eigenvalue weighted by atomic mass is 10.00. The van der Waals surface area contributed by atoms with Crippen LogP contribution in [0.25, 0.3) is 0 Å². The summed E-state index contributed by atoms with van der Waals surface area (Å²) in [5, 5.41) is 2.81. The number of ether oxygens (including phenoxy) is 6. The highest BCUT2D eigenvalue weighted by atomic mass is 16.7. The SMILES string of the molecule is C=CCOC(=O)N1c2cc(OCCCCCC(=O)Nc3cc(C(=O)OC)n(C)c3)c(OC)cc2C(=O)N2CCCC[C@H]2C1OC1CCCCO1. The molecule has 3 amide bonds. The van der Waals surface area contributed by atoms with Gasteiger partial charge in [0, 0.05) is 38.9 Å². The fourth-order valence-electron chi connectivity index (χ4n) is 6.60. The van der Waals surface area contributed by atoms with Gasteiger partial charge in [0.15, 0.2) is 24.0 Å². The smallest absolute Gasteiger partial charge is 0.416 e. The van der Waals surface area contributed by atoms with E-state index in [-0.39, 0.29) is 30.4 Å². The fourth-order valence-corrected chi connectivity index (χ4v) is 6.60. The van der Waals surface area contributed by atoms with Gasteiger partial charge in [-0.25, -0.2) is 14.5 Å². The van der Waals surface area contributed by atoms with Crippen LogP contribution in [0.2, 0.25) is 0 Å². The molecule has 3 aliphatic heterocycles. The number of hydrogen-bond acceptors (Lipinski definition) is 10. The number of aromatic nitrogens is 1. The Kier molecular flexibility index (Phi) is 12.8. The van der Waals surface area contributed by atoms with Crippen molar-refractivity contribution in [1.29, 1.82) is 0 Å². The molecule has 14 nitrogen and oxygen atoms in total. The third kappa shape index (κ3) is 8.59. The normalized spacial score (nSPS) is 20.2. The number of benzene rings is 1. The lowest BCUT2D eigenvalue weighted by Gasteiger charge is -2.42. The summed E-state index contributed by atoms with van der Waals surface area (Å²) in [6, 6.07) is 4.43. The van der Waals surface area contributed by atoms with Gasteiger partial charge in [0.25, 0.3) is 5.91 Å². The molecule has 0 saturated carbocycles. The number of methoxy groups -OCH3 is 2. The van der Waals surface area contributed by atoms with Gasteiger partial charge in [-0.05, 0) is 69.9 Å². The molecule has 50 heavy (non-hydrogen) atoms. The van der Waals surface area contributed by atoms with E-state index in [1.54, 1.807) is 40.9 Å². The Bertz CT molecular complexity index is 1530. The number of hydrogen-bond donors (Lipinski definition) is 1. The molecule has 2 saturated heterocycles. The van der Waals surface area contributed by atoms with Crippen molar-refractivity contribution in [2.75, 3.05) is 50.8 Å². The molecule has 2 unspecified atom stereocenters. The molecular formula is C36H48N4O10. The second-order valence-corrected chi connectivity index (χ2v) is 12.6. The number of piperidine rings is 1. The van der Waals surface area contributed by atoms with Crippen molar-refractivity contribution in [3.8, 4) is 11.5 Å². The number of rotatable bonds is 14. The van der Waals surface area contributed by atoms with E-state index in [0.717, 1.165) is 25.7 Å². The van der Waals surface area contributed by atoms with Crippen molar-refractivity contribution in [2.45, 2.75) is 82.8 Å². The van der Waals surface area contributed by atoms with Crippen LogP contribution >= 0.6 is 0 Å². The van der Waals surface area contributed by atoms with E-state index < -0.39 is 30.6 Å². The quantitative estimate of drug-likeness (QED) is 0.155. The first-order valence-electron chi connectivity index (χ1n) is 17.3. The first kappa shape index (κ1) is 36.7. The van der Waals surface area contributed by atoms with Gasteiger partial charge in [-0.1, -0.05) is 12.7 Å². The summed E-state index contributed by atoms with van der Waals surface area (Å²) < 4.78 is 36.3. The molecule has 0 aliphatic carbocycles. The number of fused-ring (bicyclic) bond motifs is 2. The second-order valence-electron chi connectivity index (χ2n) is 12.6. The van der Waals surface area contributed by atoms with Crippen molar-refractivity contribution in [1.82, 2.24) is 9.47 Å². The molecule has 3 atom stereocenters. The standard InChI is InChI=1S/C36H48N4O10/c1-5-17-49-36(44)40-27-22-30(47-18-11-6-7-14-31(41)37-24-20-28(35(43)46-4)38(2)23-24)29(45-3)21-25(27)33(42)39-16-10-8-13-26(39)34(40)50-32-15-9-12-19-48-32/h5,20-23,26,32,34H,1,6-19H2,2-4H3,(H,37,41)/t26-,32?,34?/m0/s1. The van der Waals surface area contributed by atoms with Gasteiger partial charge < -0.3 is 43.2 Å². The summed E-state index contributed by atoms with van der Waals surface area (Å²) in [6.07, 6.45) is 8.28. The molecule has 2 fully saturated rings. The number of carbonyl (C=O) groups excluding carboxylic acids is 4. The monoisotopic (exact) mass is 696 g/mol. The Morgan fingerprint density at radius 3 is 2.60 bits per heavy atom. The zero-order valence-electron chi connectivity index (χ0n) is 29.1. The number of esters is 1. The Morgan fingerprint density at radius 2 is 1.86 bits per heavy atom. The number of aryl methyl sites for hydroxylation is 1. The van der Waals surface area contributed by atoms with Crippen LogP contribution in [0.4, 0.5) is 16.2 Å². The van der Waals surface area contributed by atoms with Crippen LogP contribution in [-0.4, -0.2) is 92.5 Å². The minimum atomic E-state index is -0.851. The third-order valence-electron chi connectivity index (χ3n) is 9.11. The molecule has 1 aromatic heterocycles. The molecule has 2 aromatic rings. The largest absolute Gasteiger partial charge is 0.493 e. The molecule has 272 valence electrons. The lowest BCUT2D eigenvalue weighted by Crippen LogP contribution is -2.57. The van der Waals surface area contributed by atoms with Crippen LogP contribution in [0, 0.1) is 0 Å². The maximum atomic E-state index is 14.1. The molecule has 0 radical (unpaired) electrons. The van der Waals surface area contributed by atoms with E-state index in [2.05, 4.69) is 11.9 Å². The van der Waals surface area contributed by atoms with Gasteiger partial charge in [0.2, 0.25) is 5.91 Å².